The number of halogens is 2. The van der Waals surface area contributed by atoms with Gasteiger partial charge in [0.1, 0.15) is 0 Å². The Morgan fingerprint density at radius 3 is 2.46 bits per heavy atom. The summed E-state index contributed by atoms with van der Waals surface area (Å²) in [5, 5.41) is 9.43. The Morgan fingerprint density at radius 1 is 1.19 bits per heavy atom. The third-order valence-electron chi connectivity index (χ3n) is 4.04. The Kier molecular flexibility index (Phi) is 4.85. The van der Waals surface area contributed by atoms with Crippen molar-refractivity contribution in [3.05, 3.63) is 80.0 Å². The largest absolute Gasteiger partial charge is 0.405 e. The molecule has 3 rings (SSSR count). The molecular weight excluding hydrogens is 371 g/mol. The summed E-state index contributed by atoms with van der Waals surface area (Å²) in [5.74, 6) is 0. The molecule has 0 spiro atoms. The van der Waals surface area contributed by atoms with E-state index >= 15 is 0 Å². The van der Waals surface area contributed by atoms with Crippen LogP contribution in [0.25, 0.3) is 16.6 Å². The van der Waals surface area contributed by atoms with Gasteiger partial charge in [0, 0.05) is 23.5 Å². The molecule has 0 bridgehead atoms. The third-order valence-corrected chi connectivity index (χ3v) is 4.62. The van der Waals surface area contributed by atoms with Crippen LogP contribution in [0.5, 0.6) is 0 Å². The standard InChI is InChI=1S/C19H16Cl2N4O/c1-10-5-13(20)19(14(21)6-10)25-11(2)7-17(26)18-12(15(23)3-4-22)8-24-9-16(18)25/h3-9,23H,22H2,1-2H3/b4-3-,23-15?. The van der Waals surface area contributed by atoms with Crippen LogP contribution >= 0.6 is 23.2 Å². The molecule has 5 nitrogen and oxygen atoms in total. The lowest BCUT2D eigenvalue weighted by Gasteiger charge is -2.18. The molecule has 7 heteroatoms. The molecule has 2 aromatic heterocycles. The summed E-state index contributed by atoms with van der Waals surface area (Å²) in [4.78, 5) is 16.9. The SMILES string of the molecule is Cc1cc(Cl)c(-n2c(C)cc(=O)c3c(C(=N)/C=C\N)cncc32)c(Cl)c1. The first-order valence-corrected chi connectivity index (χ1v) is 8.54. The maximum Gasteiger partial charge on any atom is 0.190 e. The lowest BCUT2D eigenvalue weighted by Crippen LogP contribution is -2.15. The van der Waals surface area contributed by atoms with Gasteiger partial charge in [-0.3, -0.25) is 9.78 Å². The number of aromatic nitrogens is 2. The molecule has 0 amide bonds. The van der Waals surface area contributed by atoms with Gasteiger partial charge in [-0.15, -0.1) is 0 Å². The molecule has 26 heavy (non-hydrogen) atoms. The highest BCUT2D eigenvalue weighted by molar-refractivity contribution is 6.38. The number of fused-ring (bicyclic) bond motifs is 1. The van der Waals surface area contributed by atoms with E-state index in [4.69, 9.17) is 34.3 Å². The number of nitrogens with zero attached hydrogens (tertiary/aromatic N) is 2. The number of hydrogen-bond donors (Lipinski definition) is 2. The predicted octanol–water partition coefficient (Wildman–Crippen LogP) is 4.15. The molecule has 3 N–H and O–H groups in total. The van der Waals surface area contributed by atoms with Crippen molar-refractivity contribution < 1.29 is 0 Å². The number of rotatable bonds is 3. The first kappa shape index (κ1) is 18.2. The van der Waals surface area contributed by atoms with Crippen LogP contribution in [0.4, 0.5) is 0 Å². The second-order valence-electron chi connectivity index (χ2n) is 5.92. The van der Waals surface area contributed by atoms with Gasteiger partial charge in [-0.1, -0.05) is 23.2 Å². The second kappa shape index (κ2) is 6.94. The van der Waals surface area contributed by atoms with E-state index in [1.165, 1.54) is 24.5 Å². The Hall–Kier alpha value is -2.63. The highest BCUT2D eigenvalue weighted by atomic mass is 35.5. The minimum absolute atomic E-state index is 0.0965. The molecule has 0 aliphatic carbocycles. The third kappa shape index (κ3) is 3.00. The van der Waals surface area contributed by atoms with Crippen LogP contribution in [0.15, 0.2) is 47.7 Å². The van der Waals surface area contributed by atoms with Crippen LogP contribution < -0.4 is 11.2 Å². The van der Waals surface area contributed by atoms with Crippen molar-refractivity contribution in [3.8, 4) is 5.69 Å². The lowest BCUT2D eigenvalue weighted by molar-refractivity contribution is 1.02. The molecule has 3 aromatic rings. The fourth-order valence-electron chi connectivity index (χ4n) is 2.99. The molecule has 0 unspecified atom stereocenters. The van der Waals surface area contributed by atoms with E-state index in [-0.39, 0.29) is 11.1 Å². The van der Waals surface area contributed by atoms with E-state index in [0.29, 0.717) is 37.9 Å². The van der Waals surface area contributed by atoms with Crippen molar-refractivity contribution >= 4 is 39.8 Å². The van der Waals surface area contributed by atoms with E-state index in [0.717, 1.165) is 5.56 Å². The van der Waals surface area contributed by atoms with Crippen molar-refractivity contribution in [1.82, 2.24) is 9.55 Å². The fraction of sp³-hybridized carbons (Fsp3) is 0.105. The zero-order valence-corrected chi connectivity index (χ0v) is 15.7. The number of allylic oxidation sites excluding steroid dienone is 1. The smallest absolute Gasteiger partial charge is 0.190 e. The van der Waals surface area contributed by atoms with Gasteiger partial charge in [-0.25, -0.2) is 0 Å². The Balaban J connectivity index is 2.48. The van der Waals surface area contributed by atoms with Crippen LogP contribution in [0.2, 0.25) is 10.0 Å². The van der Waals surface area contributed by atoms with Gasteiger partial charge in [-0.05, 0) is 43.8 Å². The number of benzene rings is 1. The number of pyridine rings is 2. The summed E-state index contributed by atoms with van der Waals surface area (Å²) in [7, 11) is 0. The van der Waals surface area contributed by atoms with E-state index in [1.54, 1.807) is 17.7 Å². The summed E-state index contributed by atoms with van der Waals surface area (Å²) in [5.41, 5.74) is 8.35. The molecule has 1 aromatic carbocycles. The molecule has 0 fully saturated rings. The molecular formula is C19H16Cl2N4O. The first-order valence-electron chi connectivity index (χ1n) is 7.78. The number of nitrogens with one attached hydrogen (secondary N) is 1. The van der Waals surface area contributed by atoms with Crippen LogP contribution in [0.1, 0.15) is 16.8 Å². The van der Waals surface area contributed by atoms with Gasteiger partial charge >= 0.3 is 0 Å². The van der Waals surface area contributed by atoms with Gasteiger partial charge in [0.05, 0.1) is 38.5 Å². The summed E-state index contributed by atoms with van der Waals surface area (Å²) in [6, 6.07) is 5.11. The minimum Gasteiger partial charge on any atom is -0.405 e. The van der Waals surface area contributed by atoms with Crippen molar-refractivity contribution in [2.45, 2.75) is 13.8 Å². The maximum atomic E-state index is 12.7. The molecule has 0 aliphatic heterocycles. The predicted molar refractivity (Wildman–Crippen MR) is 107 cm³/mol. The normalized spacial score (nSPS) is 11.4. The molecule has 2 heterocycles. The summed E-state index contributed by atoms with van der Waals surface area (Å²) < 4.78 is 1.79. The van der Waals surface area contributed by atoms with Gasteiger partial charge in [0.2, 0.25) is 0 Å². The summed E-state index contributed by atoms with van der Waals surface area (Å²) in [6.45, 7) is 3.70. The van der Waals surface area contributed by atoms with Crippen LogP contribution in [0, 0.1) is 19.3 Å². The highest BCUT2D eigenvalue weighted by Gasteiger charge is 2.18. The van der Waals surface area contributed by atoms with Crippen LogP contribution in [-0.2, 0) is 0 Å². The molecule has 0 saturated carbocycles. The molecule has 0 saturated heterocycles. The maximum absolute atomic E-state index is 12.7. The molecule has 0 aliphatic rings. The Labute approximate surface area is 160 Å². The highest BCUT2D eigenvalue weighted by Crippen LogP contribution is 2.33. The van der Waals surface area contributed by atoms with Crippen molar-refractivity contribution in [2.75, 3.05) is 0 Å². The molecule has 0 radical (unpaired) electrons. The van der Waals surface area contributed by atoms with Crippen LogP contribution in [0.3, 0.4) is 0 Å². The summed E-state index contributed by atoms with van der Waals surface area (Å²) in [6.07, 6.45) is 5.71. The summed E-state index contributed by atoms with van der Waals surface area (Å²) >= 11 is 12.9. The number of aryl methyl sites for hydroxylation is 2. The fourth-order valence-corrected chi connectivity index (χ4v) is 3.75. The second-order valence-corrected chi connectivity index (χ2v) is 6.73. The number of hydrogen-bond acceptors (Lipinski definition) is 4. The first-order chi connectivity index (χ1) is 12.3. The van der Waals surface area contributed by atoms with E-state index in [1.807, 2.05) is 19.1 Å². The van der Waals surface area contributed by atoms with Gasteiger partial charge in [-0.2, -0.15) is 0 Å². The van der Waals surface area contributed by atoms with Gasteiger partial charge in [0.25, 0.3) is 0 Å². The minimum atomic E-state index is -0.208. The Bertz CT molecular complexity index is 1110. The van der Waals surface area contributed by atoms with E-state index in [2.05, 4.69) is 4.98 Å². The van der Waals surface area contributed by atoms with E-state index < -0.39 is 0 Å². The van der Waals surface area contributed by atoms with Crippen LogP contribution in [-0.4, -0.2) is 15.3 Å². The van der Waals surface area contributed by atoms with Gasteiger partial charge < -0.3 is 15.7 Å². The average Bonchev–Trinajstić information content (AvgIpc) is 2.56. The van der Waals surface area contributed by atoms with Crippen molar-refractivity contribution in [3.63, 3.8) is 0 Å². The monoisotopic (exact) mass is 386 g/mol. The van der Waals surface area contributed by atoms with Crippen molar-refractivity contribution in [2.24, 2.45) is 5.73 Å². The molecule has 0 atom stereocenters. The topological polar surface area (TPSA) is 84.8 Å². The lowest BCUT2D eigenvalue weighted by atomic mass is 10.0. The molecule has 132 valence electrons. The van der Waals surface area contributed by atoms with Crippen molar-refractivity contribution in [1.29, 1.82) is 5.41 Å². The van der Waals surface area contributed by atoms with E-state index in [9.17, 15) is 4.79 Å². The number of nitrogens with two attached hydrogens (primary N) is 1. The van der Waals surface area contributed by atoms with Gasteiger partial charge in [0.15, 0.2) is 5.43 Å². The Morgan fingerprint density at radius 2 is 1.85 bits per heavy atom. The quantitative estimate of drug-likeness (QED) is 0.662. The zero-order chi connectivity index (χ0) is 19.0. The zero-order valence-electron chi connectivity index (χ0n) is 14.2. The average molecular weight is 387 g/mol.